The van der Waals surface area contributed by atoms with Crippen LogP contribution >= 0.6 is 11.6 Å². The van der Waals surface area contributed by atoms with E-state index in [0.717, 1.165) is 11.3 Å². The fraction of sp³-hybridized carbons (Fsp3) is 0.412. The topological polar surface area (TPSA) is 56.1 Å². The number of nitrogens with one attached hydrogen (secondary N) is 1. The number of ether oxygens (including phenoxy) is 1. The predicted molar refractivity (Wildman–Crippen MR) is 90.3 cm³/mol. The Morgan fingerprint density at radius 3 is 2.75 bits per heavy atom. The van der Waals surface area contributed by atoms with Gasteiger partial charge in [-0.15, -0.1) is 0 Å². The van der Waals surface area contributed by atoms with Crippen LogP contribution in [0.25, 0.3) is 0 Å². The molecule has 1 aliphatic rings. The number of carbonyl (C=O) groups excluding carboxylic acids is 1. The number of rotatable bonds is 3. The number of hydrogen-bond donors (Lipinski definition) is 1. The Morgan fingerprint density at radius 1 is 1.46 bits per heavy atom. The highest BCUT2D eigenvalue weighted by molar-refractivity contribution is 6.32. The van der Waals surface area contributed by atoms with Gasteiger partial charge in [0, 0.05) is 24.9 Å². The molecule has 0 radical (unpaired) electrons. The minimum absolute atomic E-state index is 0.0103. The van der Waals surface area contributed by atoms with Crippen molar-refractivity contribution in [1.29, 1.82) is 0 Å². The largest absolute Gasteiger partial charge is 0.492 e. The lowest BCUT2D eigenvalue weighted by Crippen LogP contribution is -2.25. The van der Waals surface area contributed by atoms with E-state index in [1.165, 1.54) is 13.2 Å². The molecule has 1 aromatic heterocycles. The summed E-state index contributed by atoms with van der Waals surface area (Å²) in [7, 11) is 3.16. The van der Waals surface area contributed by atoms with Gasteiger partial charge >= 0.3 is 0 Å². The van der Waals surface area contributed by atoms with Crippen molar-refractivity contribution in [3.05, 3.63) is 39.8 Å². The van der Waals surface area contributed by atoms with Crippen molar-refractivity contribution in [2.24, 2.45) is 7.05 Å². The van der Waals surface area contributed by atoms with Gasteiger partial charge in [-0.1, -0.05) is 25.4 Å². The lowest BCUT2D eigenvalue weighted by molar-refractivity contribution is -0.116. The number of aryl methyl sites for hydroxylation is 1. The van der Waals surface area contributed by atoms with Crippen LogP contribution in [0.5, 0.6) is 5.75 Å². The molecule has 0 unspecified atom stereocenters. The molecule has 128 valence electrons. The molecule has 1 aliphatic heterocycles. The van der Waals surface area contributed by atoms with Crippen molar-refractivity contribution >= 4 is 23.3 Å². The summed E-state index contributed by atoms with van der Waals surface area (Å²) in [4.78, 5) is 12.1. The Bertz CT molecular complexity index is 793. The highest BCUT2D eigenvalue weighted by atomic mass is 35.5. The van der Waals surface area contributed by atoms with E-state index in [1.807, 2.05) is 13.8 Å². The number of amides is 1. The Kier molecular flexibility index (Phi) is 4.25. The molecule has 7 heteroatoms. The van der Waals surface area contributed by atoms with Crippen LogP contribution in [0.4, 0.5) is 10.2 Å². The highest BCUT2D eigenvalue weighted by Crippen LogP contribution is 2.43. The summed E-state index contributed by atoms with van der Waals surface area (Å²) in [6, 6.07) is 3.04. The first-order valence-electron chi connectivity index (χ1n) is 7.73. The standard InChI is InChI=1S/C17H19ClFN3O2/c1-8(2)15-14-10(7-13(23)20-17(14)22(3)21-15)9-5-11(18)16(24-4)12(19)6-9/h5-6,8,10H,7H2,1-4H3,(H,20,23)/t10-/m1/s1. The summed E-state index contributed by atoms with van der Waals surface area (Å²) in [6.45, 7) is 4.08. The van der Waals surface area contributed by atoms with Crippen molar-refractivity contribution in [1.82, 2.24) is 9.78 Å². The van der Waals surface area contributed by atoms with Crippen molar-refractivity contribution in [3.8, 4) is 5.75 Å². The SMILES string of the molecule is COc1c(F)cc([C@H]2CC(=O)Nc3c2c(C(C)C)nn3C)cc1Cl. The van der Waals surface area contributed by atoms with Crippen LogP contribution in [-0.2, 0) is 11.8 Å². The molecule has 5 nitrogen and oxygen atoms in total. The van der Waals surface area contributed by atoms with E-state index in [1.54, 1.807) is 17.8 Å². The van der Waals surface area contributed by atoms with Gasteiger partial charge < -0.3 is 10.1 Å². The van der Waals surface area contributed by atoms with E-state index < -0.39 is 5.82 Å². The minimum atomic E-state index is -0.539. The third-order valence-electron chi connectivity index (χ3n) is 4.28. The van der Waals surface area contributed by atoms with Gasteiger partial charge in [0.2, 0.25) is 5.91 Å². The van der Waals surface area contributed by atoms with E-state index in [0.29, 0.717) is 11.4 Å². The molecule has 1 atom stereocenters. The van der Waals surface area contributed by atoms with Crippen LogP contribution < -0.4 is 10.1 Å². The lowest BCUT2D eigenvalue weighted by atomic mass is 9.83. The van der Waals surface area contributed by atoms with Crippen LogP contribution in [0.1, 0.15) is 48.9 Å². The van der Waals surface area contributed by atoms with E-state index in [4.69, 9.17) is 16.3 Å². The summed E-state index contributed by atoms with van der Waals surface area (Å²) < 4.78 is 20.9. The van der Waals surface area contributed by atoms with E-state index in [2.05, 4.69) is 10.4 Å². The second-order valence-electron chi connectivity index (χ2n) is 6.25. The van der Waals surface area contributed by atoms with E-state index in [-0.39, 0.29) is 34.9 Å². The molecule has 0 fully saturated rings. The molecule has 0 spiro atoms. The number of aromatic nitrogens is 2. The maximum atomic E-state index is 14.3. The average Bonchev–Trinajstić information content (AvgIpc) is 2.83. The minimum Gasteiger partial charge on any atom is -0.492 e. The molecule has 0 saturated heterocycles. The summed E-state index contributed by atoms with van der Waals surface area (Å²) in [5.41, 5.74) is 2.46. The summed E-state index contributed by atoms with van der Waals surface area (Å²) in [5.74, 6) is -0.113. The Morgan fingerprint density at radius 2 is 2.17 bits per heavy atom. The van der Waals surface area contributed by atoms with Crippen molar-refractivity contribution in [2.75, 3.05) is 12.4 Å². The summed E-state index contributed by atoms with van der Waals surface area (Å²) >= 11 is 6.14. The molecule has 0 bridgehead atoms. The fourth-order valence-electron chi connectivity index (χ4n) is 3.21. The third kappa shape index (κ3) is 2.65. The van der Waals surface area contributed by atoms with Gasteiger partial charge in [-0.25, -0.2) is 4.39 Å². The Labute approximate surface area is 144 Å². The normalized spacial score (nSPS) is 17.0. The number of methoxy groups -OCH3 is 1. The number of carbonyl (C=O) groups is 1. The zero-order valence-electron chi connectivity index (χ0n) is 14.0. The molecule has 0 aliphatic carbocycles. The first-order valence-corrected chi connectivity index (χ1v) is 8.10. The molecule has 24 heavy (non-hydrogen) atoms. The molecule has 0 saturated carbocycles. The van der Waals surface area contributed by atoms with Gasteiger partial charge in [0.25, 0.3) is 0 Å². The zero-order valence-corrected chi connectivity index (χ0v) is 14.7. The first kappa shape index (κ1) is 16.8. The van der Waals surface area contributed by atoms with E-state index >= 15 is 0 Å². The zero-order chi connectivity index (χ0) is 17.6. The molecular weight excluding hydrogens is 333 g/mol. The van der Waals surface area contributed by atoms with E-state index in [9.17, 15) is 9.18 Å². The van der Waals surface area contributed by atoms with Gasteiger partial charge in [-0.3, -0.25) is 9.48 Å². The average molecular weight is 352 g/mol. The Balaban J connectivity index is 2.19. The third-order valence-corrected chi connectivity index (χ3v) is 4.56. The maximum Gasteiger partial charge on any atom is 0.226 e. The van der Waals surface area contributed by atoms with Gasteiger partial charge in [-0.05, 0) is 23.6 Å². The van der Waals surface area contributed by atoms with Gasteiger partial charge in [-0.2, -0.15) is 5.10 Å². The maximum absolute atomic E-state index is 14.3. The number of fused-ring (bicyclic) bond motifs is 1. The molecule has 3 rings (SSSR count). The highest BCUT2D eigenvalue weighted by Gasteiger charge is 2.34. The molecule has 1 N–H and O–H groups in total. The second-order valence-corrected chi connectivity index (χ2v) is 6.66. The number of nitrogens with zero attached hydrogens (tertiary/aromatic N) is 2. The van der Waals surface area contributed by atoms with Crippen LogP contribution in [0, 0.1) is 5.82 Å². The lowest BCUT2D eigenvalue weighted by Gasteiger charge is -2.25. The monoisotopic (exact) mass is 351 g/mol. The molecular formula is C17H19ClFN3O2. The molecule has 2 heterocycles. The second kappa shape index (κ2) is 6.09. The quantitative estimate of drug-likeness (QED) is 0.914. The van der Waals surface area contributed by atoms with Crippen molar-refractivity contribution in [3.63, 3.8) is 0 Å². The molecule has 2 aromatic rings. The molecule has 1 amide bonds. The van der Waals surface area contributed by atoms with Crippen molar-refractivity contribution < 1.29 is 13.9 Å². The van der Waals surface area contributed by atoms with Gasteiger partial charge in [0.15, 0.2) is 11.6 Å². The van der Waals surface area contributed by atoms with Gasteiger partial charge in [0.05, 0.1) is 17.8 Å². The van der Waals surface area contributed by atoms with Crippen LogP contribution in [0.15, 0.2) is 12.1 Å². The number of benzene rings is 1. The predicted octanol–water partition coefficient (Wildman–Crippen LogP) is 3.82. The van der Waals surface area contributed by atoms with Crippen LogP contribution in [0.3, 0.4) is 0 Å². The van der Waals surface area contributed by atoms with Crippen LogP contribution in [0.2, 0.25) is 5.02 Å². The fourth-order valence-corrected chi connectivity index (χ4v) is 3.50. The number of hydrogen-bond acceptors (Lipinski definition) is 3. The smallest absolute Gasteiger partial charge is 0.226 e. The first-order chi connectivity index (χ1) is 11.3. The van der Waals surface area contributed by atoms with Crippen LogP contribution in [-0.4, -0.2) is 22.8 Å². The number of anilines is 1. The van der Waals surface area contributed by atoms with Crippen molar-refractivity contribution in [2.45, 2.75) is 32.1 Å². The summed E-state index contributed by atoms with van der Waals surface area (Å²) in [6.07, 6.45) is 0.223. The number of halogens is 2. The van der Waals surface area contributed by atoms with Gasteiger partial charge in [0.1, 0.15) is 5.82 Å². The molecule has 1 aromatic carbocycles. The summed E-state index contributed by atoms with van der Waals surface area (Å²) in [5, 5.41) is 7.59. The Hall–Kier alpha value is -2.08.